The quantitative estimate of drug-likeness (QED) is 0.294. The van der Waals surface area contributed by atoms with E-state index in [-0.39, 0.29) is 0 Å². The highest BCUT2D eigenvalue weighted by atomic mass is 16.5. The molecular weight excluding hydrogens is 661 g/mol. The highest BCUT2D eigenvalue weighted by Crippen LogP contribution is 2.60. The molecule has 0 aromatic carbocycles. The summed E-state index contributed by atoms with van der Waals surface area (Å²) in [4.78, 5) is 0. The molecule has 11 aliphatic rings. The maximum Gasteiger partial charge on any atom is 0.0891 e. The van der Waals surface area contributed by atoms with Crippen LogP contribution in [0.5, 0.6) is 0 Å². The Balaban J connectivity index is 0.795. The summed E-state index contributed by atoms with van der Waals surface area (Å²) < 4.78 is 14.7. The molecule has 3 heterocycles. The van der Waals surface area contributed by atoms with Crippen LogP contribution >= 0.6 is 0 Å². The van der Waals surface area contributed by atoms with Crippen molar-refractivity contribution >= 4 is 0 Å². The Hall–Kier alpha value is -0.160. The van der Waals surface area contributed by atoms with Gasteiger partial charge in [0.2, 0.25) is 0 Å². The minimum Gasteiger partial charge on any atom is -0.374 e. The molecule has 0 amide bonds. The van der Waals surface area contributed by atoms with Crippen molar-refractivity contribution in [1.82, 2.24) is 10.6 Å². The lowest BCUT2D eigenvalue weighted by Crippen LogP contribution is -2.70. The molecule has 0 bridgehead atoms. The SMILES string of the molecule is C1CCC(C2CCCC(C3CC4C5CCC(C6NC(C7CCCC(C8CCCCC8)C7)C7OC8CCCCC8C7N6)CC5OC4C4CCCCC34)C2)CC1. The second-order valence-electron chi connectivity index (χ2n) is 22.7. The Morgan fingerprint density at radius 3 is 1.61 bits per heavy atom. The van der Waals surface area contributed by atoms with Crippen molar-refractivity contribution < 1.29 is 9.47 Å². The average Bonchev–Trinajstić information content (AvgIpc) is 3.82. The number of rotatable bonds is 5. The molecule has 8 aliphatic carbocycles. The average molecular weight is 743 g/mol. The lowest BCUT2D eigenvalue weighted by atomic mass is 9.53. The molecule has 54 heavy (non-hydrogen) atoms. The largest absolute Gasteiger partial charge is 0.374 e. The highest BCUT2D eigenvalue weighted by molar-refractivity contribution is 5.11. The molecule has 11 fully saturated rings. The van der Waals surface area contributed by atoms with Crippen molar-refractivity contribution in [3.05, 3.63) is 0 Å². The van der Waals surface area contributed by atoms with Crippen LogP contribution in [0, 0.1) is 76.9 Å². The summed E-state index contributed by atoms with van der Waals surface area (Å²) >= 11 is 0. The third kappa shape index (κ3) is 6.95. The molecule has 2 N–H and O–H groups in total. The van der Waals surface area contributed by atoms with Gasteiger partial charge in [-0.2, -0.15) is 0 Å². The fourth-order valence-corrected chi connectivity index (χ4v) is 17.9. The first-order valence-electron chi connectivity index (χ1n) is 25.6. The van der Waals surface area contributed by atoms with Crippen LogP contribution < -0.4 is 10.6 Å². The van der Waals surface area contributed by atoms with Crippen molar-refractivity contribution in [2.24, 2.45) is 76.9 Å². The number of ether oxygens (including phenoxy) is 2. The zero-order valence-electron chi connectivity index (χ0n) is 34.6. The van der Waals surface area contributed by atoms with E-state index in [9.17, 15) is 0 Å². The van der Waals surface area contributed by atoms with Gasteiger partial charge in [-0.15, -0.1) is 0 Å². The van der Waals surface area contributed by atoms with Gasteiger partial charge in [0.25, 0.3) is 0 Å². The second-order valence-corrected chi connectivity index (χ2v) is 22.7. The van der Waals surface area contributed by atoms with Crippen molar-refractivity contribution in [3.8, 4) is 0 Å². The Bertz CT molecular complexity index is 1240. The summed E-state index contributed by atoms with van der Waals surface area (Å²) in [5.74, 6) is 12.0. The molecule has 8 saturated carbocycles. The van der Waals surface area contributed by atoms with Gasteiger partial charge in [-0.3, -0.25) is 10.6 Å². The van der Waals surface area contributed by atoms with E-state index in [0.29, 0.717) is 48.6 Å². The zero-order valence-corrected chi connectivity index (χ0v) is 34.6. The molecule has 4 heteroatoms. The maximum absolute atomic E-state index is 7.53. The molecule has 0 radical (unpaired) electrons. The number of hydrogen-bond donors (Lipinski definition) is 2. The normalized spacial score (nSPS) is 53.1. The van der Waals surface area contributed by atoms with Gasteiger partial charge >= 0.3 is 0 Å². The first-order chi connectivity index (χ1) is 26.7. The van der Waals surface area contributed by atoms with Crippen LogP contribution in [0.3, 0.4) is 0 Å². The zero-order chi connectivity index (χ0) is 35.6. The Labute approximate surface area is 331 Å². The molecule has 0 aromatic heterocycles. The minimum atomic E-state index is 0.393. The van der Waals surface area contributed by atoms with Crippen molar-refractivity contribution in [2.75, 3.05) is 0 Å². The molecule has 3 aliphatic heterocycles. The van der Waals surface area contributed by atoms with Crippen LogP contribution in [-0.4, -0.2) is 42.7 Å². The van der Waals surface area contributed by atoms with Crippen LogP contribution in [0.1, 0.15) is 193 Å². The molecule has 18 unspecified atom stereocenters. The predicted molar refractivity (Wildman–Crippen MR) is 219 cm³/mol. The fourth-order valence-electron chi connectivity index (χ4n) is 17.9. The van der Waals surface area contributed by atoms with Gasteiger partial charge in [-0.05, 0) is 142 Å². The van der Waals surface area contributed by atoms with Crippen LogP contribution in [0.4, 0.5) is 0 Å². The van der Waals surface area contributed by atoms with E-state index in [1.165, 1.54) is 161 Å². The summed E-state index contributed by atoms with van der Waals surface area (Å²) in [7, 11) is 0. The van der Waals surface area contributed by atoms with Gasteiger partial charge in [-0.1, -0.05) is 122 Å². The van der Waals surface area contributed by atoms with Gasteiger partial charge in [0.05, 0.1) is 30.6 Å². The monoisotopic (exact) mass is 743 g/mol. The molecule has 0 spiro atoms. The summed E-state index contributed by atoms with van der Waals surface area (Å²) in [5.41, 5.74) is 0. The molecule has 11 rings (SSSR count). The summed E-state index contributed by atoms with van der Waals surface area (Å²) in [6, 6.07) is 1.13. The molecule has 18 atom stereocenters. The summed E-state index contributed by atoms with van der Waals surface area (Å²) in [6.07, 6.45) is 47.0. The van der Waals surface area contributed by atoms with E-state index < -0.39 is 0 Å². The number of fused-ring (bicyclic) bond motifs is 8. The second kappa shape index (κ2) is 16.1. The van der Waals surface area contributed by atoms with E-state index in [4.69, 9.17) is 9.47 Å². The standard InChI is InChI=1S/C50H82N2O2/c1-3-13-31(14-4-1)33-17-11-19-35(27-33)42-30-43-39-26-25-37(29-45(39)54-48(43)40-22-8-7-21-38(40)42)50-51-46(49-47(52-50)41-23-9-10-24-44(41)53-49)36-20-12-18-34(28-36)32-15-5-2-6-16-32/h31-52H,1-30H2. The Morgan fingerprint density at radius 1 is 0.278 bits per heavy atom. The van der Waals surface area contributed by atoms with E-state index in [0.717, 1.165) is 71.0 Å². The Morgan fingerprint density at radius 2 is 0.852 bits per heavy atom. The first-order valence-corrected chi connectivity index (χ1v) is 25.6. The Kier molecular flexibility index (Phi) is 11.0. The predicted octanol–water partition coefficient (Wildman–Crippen LogP) is 11.6. The minimum absolute atomic E-state index is 0.393. The maximum atomic E-state index is 7.53. The van der Waals surface area contributed by atoms with E-state index in [1.807, 2.05) is 0 Å². The third-order valence-corrected chi connectivity index (χ3v) is 20.3. The van der Waals surface area contributed by atoms with Crippen LogP contribution in [-0.2, 0) is 9.47 Å². The van der Waals surface area contributed by atoms with Crippen LogP contribution in [0.15, 0.2) is 0 Å². The lowest BCUT2D eigenvalue weighted by molar-refractivity contribution is -0.0922. The topological polar surface area (TPSA) is 42.5 Å². The molecule has 3 saturated heterocycles. The van der Waals surface area contributed by atoms with Gasteiger partial charge in [-0.25, -0.2) is 0 Å². The lowest BCUT2D eigenvalue weighted by Gasteiger charge is -2.52. The van der Waals surface area contributed by atoms with Crippen molar-refractivity contribution in [1.29, 1.82) is 0 Å². The van der Waals surface area contributed by atoms with Crippen LogP contribution in [0.2, 0.25) is 0 Å². The fraction of sp³-hybridized carbons (Fsp3) is 1.00. The summed E-state index contributed by atoms with van der Waals surface area (Å²) in [5, 5.41) is 8.88. The number of nitrogens with one attached hydrogen (secondary N) is 2. The third-order valence-electron chi connectivity index (χ3n) is 20.3. The van der Waals surface area contributed by atoms with Gasteiger partial charge in [0, 0.05) is 18.0 Å². The van der Waals surface area contributed by atoms with Gasteiger partial charge in [0.1, 0.15) is 0 Å². The van der Waals surface area contributed by atoms with Crippen molar-refractivity contribution in [2.45, 2.75) is 235 Å². The highest BCUT2D eigenvalue weighted by Gasteiger charge is 2.59. The first kappa shape index (κ1) is 36.9. The smallest absolute Gasteiger partial charge is 0.0891 e. The van der Waals surface area contributed by atoms with E-state index in [2.05, 4.69) is 10.6 Å². The van der Waals surface area contributed by atoms with E-state index in [1.54, 1.807) is 32.1 Å². The van der Waals surface area contributed by atoms with Crippen molar-refractivity contribution in [3.63, 3.8) is 0 Å². The molecule has 4 nitrogen and oxygen atoms in total. The van der Waals surface area contributed by atoms with Crippen LogP contribution in [0.25, 0.3) is 0 Å². The van der Waals surface area contributed by atoms with Gasteiger partial charge in [0.15, 0.2) is 0 Å². The number of hydrogen-bond acceptors (Lipinski definition) is 4. The molecule has 0 aromatic rings. The van der Waals surface area contributed by atoms with E-state index >= 15 is 0 Å². The van der Waals surface area contributed by atoms with Gasteiger partial charge < -0.3 is 9.47 Å². The molecule has 304 valence electrons. The summed E-state index contributed by atoms with van der Waals surface area (Å²) in [6.45, 7) is 0. The molecular formula is C50H82N2O2.